The number of aryl methyl sites for hydroxylation is 1. The molecule has 0 spiro atoms. The first-order chi connectivity index (χ1) is 13.8. The number of aliphatic hydroxyl groups excluding tert-OH is 1. The van der Waals surface area contributed by atoms with Crippen LogP contribution >= 0.6 is 11.3 Å². The van der Waals surface area contributed by atoms with E-state index in [-0.39, 0.29) is 17.4 Å². The molecule has 2 aromatic carbocycles. The number of nitrogens with one attached hydrogen (secondary N) is 1. The average Bonchev–Trinajstić information content (AvgIpc) is 3.06. The summed E-state index contributed by atoms with van der Waals surface area (Å²) in [6.07, 6.45) is 0.677. The van der Waals surface area contributed by atoms with Crippen LogP contribution in [0.4, 0.5) is 5.13 Å². The number of thiazole rings is 1. The van der Waals surface area contributed by atoms with Gasteiger partial charge in [-0.25, -0.2) is 13.4 Å². The Hall–Kier alpha value is -2.00. The Labute approximate surface area is 175 Å². The third-order valence-corrected chi connectivity index (χ3v) is 7.95. The Kier molecular flexibility index (Phi) is 6.89. The monoisotopic (exact) mass is 433 g/mol. The number of nitrogen functional groups attached to an aromatic ring is 1. The summed E-state index contributed by atoms with van der Waals surface area (Å²) in [6.45, 7) is 3.92. The smallest absolute Gasteiger partial charge is 0.194 e. The first kappa shape index (κ1) is 21.7. The highest BCUT2D eigenvalue weighted by atomic mass is 32.2. The first-order valence-corrected chi connectivity index (χ1v) is 12.0. The van der Waals surface area contributed by atoms with E-state index in [1.807, 2.05) is 44.2 Å². The maximum atomic E-state index is 13.2. The highest BCUT2D eigenvalue weighted by Crippen LogP contribution is 2.28. The molecule has 3 rings (SSSR count). The second kappa shape index (κ2) is 9.21. The van der Waals surface area contributed by atoms with E-state index in [0.717, 1.165) is 16.7 Å². The number of benzene rings is 2. The normalized spacial score (nSPS) is 14.3. The summed E-state index contributed by atoms with van der Waals surface area (Å²) < 4.78 is 27.2. The van der Waals surface area contributed by atoms with Gasteiger partial charge in [0.15, 0.2) is 15.0 Å². The predicted molar refractivity (Wildman–Crippen MR) is 119 cm³/mol. The molecular formula is C21H27N3O3S2. The first-order valence-electron chi connectivity index (χ1n) is 9.62. The fraction of sp³-hybridized carbons (Fsp3) is 0.381. The van der Waals surface area contributed by atoms with Gasteiger partial charge in [-0.05, 0) is 42.5 Å². The molecule has 156 valence electrons. The average molecular weight is 434 g/mol. The molecule has 1 heterocycles. The molecule has 0 amide bonds. The highest BCUT2D eigenvalue weighted by molar-refractivity contribution is 7.92. The number of fused-ring (bicyclic) bond motifs is 1. The largest absolute Gasteiger partial charge is 0.392 e. The minimum absolute atomic E-state index is 0.163. The number of aliphatic hydroxyl groups is 1. The zero-order valence-corrected chi connectivity index (χ0v) is 18.2. The van der Waals surface area contributed by atoms with Crippen molar-refractivity contribution >= 4 is 36.5 Å². The summed E-state index contributed by atoms with van der Waals surface area (Å²) in [7, 11) is -3.63. The Balaban J connectivity index is 1.68. The van der Waals surface area contributed by atoms with Crippen molar-refractivity contribution in [3.63, 3.8) is 0 Å². The van der Waals surface area contributed by atoms with Crippen LogP contribution in [0.25, 0.3) is 10.2 Å². The zero-order chi connectivity index (χ0) is 21.0. The molecule has 0 bridgehead atoms. The molecule has 0 saturated heterocycles. The summed E-state index contributed by atoms with van der Waals surface area (Å²) in [6, 6.07) is 14.8. The standard InChI is InChI=1S/C21H27N3O3S2/c1-14(2)20(23-13-16(25)9-8-15-6-4-3-5-7-15)29(26,27)17-10-11-18-19(12-17)28-21(22)24-18/h3-7,10-12,14,16,20,23,25H,8-9,13H2,1-2H3,(H2,22,24)/t16-,20+/m1/s1. The Morgan fingerprint density at radius 2 is 1.90 bits per heavy atom. The van der Waals surface area contributed by atoms with Crippen LogP contribution in [0.5, 0.6) is 0 Å². The van der Waals surface area contributed by atoms with Crippen molar-refractivity contribution in [3.8, 4) is 0 Å². The number of hydrogen-bond acceptors (Lipinski definition) is 7. The van der Waals surface area contributed by atoms with Crippen LogP contribution in [-0.4, -0.2) is 36.5 Å². The van der Waals surface area contributed by atoms with Gasteiger partial charge in [0.2, 0.25) is 0 Å². The Morgan fingerprint density at radius 3 is 2.59 bits per heavy atom. The molecule has 2 atom stereocenters. The van der Waals surface area contributed by atoms with Gasteiger partial charge in [-0.2, -0.15) is 0 Å². The molecule has 0 aliphatic rings. The van der Waals surface area contributed by atoms with Crippen molar-refractivity contribution < 1.29 is 13.5 Å². The van der Waals surface area contributed by atoms with Crippen LogP contribution in [-0.2, 0) is 16.3 Å². The molecule has 8 heteroatoms. The number of nitrogens with zero attached hydrogens (tertiary/aromatic N) is 1. The lowest BCUT2D eigenvalue weighted by molar-refractivity contribution is 0.159. The third-order valence-electron chi connectivity index (χ3n) is 4.81. The number of rotatable bonds is 9. The molecule has 4 N–H and O–H groups in total. The van der Waals surface area contributed by atoms with Gasteiger partial charge in [0, 0.05) is 6.54 Å². The summed E-state index contributed by atoms with van der Waals surface area (Å²) in [5.74, 6) is -0.163. The van der Waals surface area contributed by atoms with Gasteiger partial charge in [-0.3, -0.25) is 5.32 Å². The lowest BCUT2D eigenvalue weighted by Gasteiger charge is -2.24. The summed E-state index contributed by atoms with van der Waals surface area (Å²) in [5, 5.41) is 13.0. The Morgan fingerprint density at radius 1 is 1.17 bits per heavy atom. The molecule has 3 aromatic rings. The summed E-state index contributed by atoms with van der Waals surface area (Å²) >= 11 is 1.27. The maximum Gasteiger partial charge on any atom is 0.194 e. The van der Waals surface area contributed by atoms with Crippen LogP contribution in [0.15, 0.2) is 53.4 Å². The van der Waals surface area contributed by atoms with Gasteiger partial charge in [0.1, 0.15) is 5.37 Å². The molecule has 0 saturated carbocycles. The minimum Gasteiger partial charge on any atom is -0.392 e. The van der Waals surface area contributed by atoms with Crippen LogP contribution in [0.2, 0.25) is 0 Å². The van der Waals surface area contributed by atoms with Crippen molar-refractivity contribution in [2.24, 2.45) is 5.92 Å². The molecule has 1 aromatic heterocycles. The van der Waals surface area contributed by atoms with Crippen molar-refractivity contribution in [3.05, 3.63) is 54.1 Å². The van der Waals surface area contributed by atoms with Crippen molar-refractivity contribution in [2.75, 3.05) is 12.3 Å². The molecule has 6 nitrogen and oxygen atoms in total. The molecule has 29 heavy (non-hydrogen) atoms. The summed E-state index contributed by atoms with van der Waals surface area (Å²) in [5.41, 5.74) is 7.57. The lowest BCUT2D eigenvalue weighted by atomic mass is 10.1. The van der Waals surface area contributed by atoms with Crippen LogP contribution in [0.1, 0.15) is 25.8 Å². The molecular weight excluding hydrogens is 406 g/mol. The van der Waals surface area contributed by atoms with E-state index in [4.69, 9.17) is 5.73 Å². The SMILES string of the molecule is CC(C)[C@@H](NC[C@H](O)CCc1ccccc1)S(=O)(=O)c1ccc2nc(N)sc2c1. The number of anilines is 1. The highest BCUT2D eigenvalue weighted by Gasteiger charge is 2.30. The quantitative estimate of drug-likeness (QED) is 0.478. The third kappa shape index (κ3) is 5.33. The van der Waals surface area contributed by atoms with Gasteiger partial charge in [0.05, 0.1) is 21.2 Å². The van der Waals surface area contributed by atoms with E-state index in [2.05, 4.69) is 10.3 Å². The number of hydrogen-bond donors (Lipinski definition) is 3. The van der Waals surface area contributed by atoms with E-state index < -0.39 is 21.3 Å². The molecule has 0 unspecified atom stereocenters. The number of aromatic nitrogens is 1. The topological polar surface area (TPSA) is 105 Å². The van der Waals surface area contributed by atoms with Gasteiger partial charge in [0.25, 0.3) is 0 Å². The van der Waals surface area contributed by atoms with Crippen LogP contribution in [0, 0.1) is 5.92 Å². The van der Waals surface area contributed by atoms with E-state index >= 15 is 0 Å². The predicted octanol–water partition coefficient (Wildman–Crippen LogP) is 3.22. The second-order valence-electron chi connectivity index (χ2n) is 7.48. The molecule has 0 fully saturated rings. The number of sulfone groups is 1. The summed E-state index contributed by atoms with van der Waals surface area (Å²) in [4.78, 5) is 4.41. The van der Waals surface area contributed by atoms with E-state index in [9.17, 15) is 13.5 Å². The minimum atomic E-state index is -3.63. The van der Waals surface area contributed by atoms with Crippen molar-refractivity contribution in [1.82, 2.24) is 10.3 Å². The fourth-order valence-corrected chi connectivity index (χ4v) is 6.00. The maximum absolute atomic E-state index is 13.2. The number of nitrogens with two attached hydrogens (primary N) is 1. The van der Waals surface area contributed by atoms with E-state index in [1.165, 1.54) is 11.3 Å². The van der Waals surface area contributed by atoms with Gasteiger partial charge < -0.3 is 10.8 Å². The fourth-order valence-electron chi connectivity index (χ4n) is 3.28. The van der Waals surface area contributed by atoms with Gasteiger partial charge in [-0.15, -0.1) is 0 Å². The van der Waals surface area contributed by atoms with Crippen molar-refractivity contribution in [1.29, 1.82) is 0 Å². The van der Waals surface area contributed by atoms with Crippen LogP contribution < -0.4 is 11.1 Å². The second-order valence-corrected chi connectivity index (χ2v) is 10.6. The van der Waals surface area contributed by atoms with Gasteiger partial charge in [-0.1, -0.05) is 55.5 Å². The molecule has 0 aliphatic heterocycles. The molecule has 0 aliphatic carbocycles. The lowest BCUT2D eigenvalue weighted by Crippen LogP contribution is -2.44. The van der Waals surface area contributed by atoms with Crippen LogP contribution in [0.3, 0.4) is 0 Å². The molecule has 0 radical (unpaired) electrons. The zero-order valence-electron chi connectivity index (χ0n) is 16.6. The van der Waals surface area contributed by atoms with E-state index in [0.29, 0.717) is 17.1 Å². The van der Waals surface area contributed by atoms with E-state index in [1.54, 1.807) is 18.2 Å². The van der Waals surface area contributed by atoms with Gasteiger partial charge >= 0.3 is 0 Å². The Bertz CT molecular complexity index is 1050. The van der Waals surface area contributed by atoms with Crippen molar-refractivity contribution in [2.45, 2.75) is 43.1 Å².